The lowest BCUT2D eigenvalue weighted by molar-refractivity contribution is -0.134. The van der Waals surface area contributed by atoms with Crippen molar-refractivity contribution >= 4 is 40.4 Å². The number of morpholine rings is 1. The lowest BCUT2D eigenvalue weighted by atomic mass is 10.3. The van der Waals surface area contributed by atoms with Crippen LogP contribution in [0.15, 0.2) is 27.8 Å². The molecule has 0 N–H and O–H groups in total. The lowest BCUT2D eigenvalue weighted by Gasteiger charge is -2.28. The summed E-state index contributed by atoms with van der Waals surface area (Å²) in [5.41, 5.74) is 1.38. The lowest BCUT2D eigenvalue weighted by Crippen LogP contribution is -2.44. The zero-order valence-electron chi connectivity index (χ0n) is 11.5. The Morgan fingerprint density at radius 2 is 2.19 bits per heavy atom. The summed E-state index contributed by atoms with van der Waals surface area (Å²) >= 11 is 7.24. The average molecular weight is 327 g/mol. The normalized spacial score (nSPS) is 17.1. The van der Waals surface area contributed by atoms with E-state index in [1.54, 1.807) is 18.2 Å². The van der Waals surface area contributed by atoms with Gasteiger partial charge in [-0.25, -0.2) is 4.98 Å². The average Bonchev–Trinajstić information content (AvgIpc) is 2.88. The number of amides is 1. The number of halogens is 1. The van der Waals surface area contributed by atoms with Crippen LogP contribution in [0, 0.1) is 0 Å². The van der Waals surface area contributed by atoms with E-state index in [4.69, 9.17) is 20.8 Å². The maximum atomic E-state index is 12.3. The van der Waals surface area contributed by atoms with Gasteiger partial charge < -0.3 is 14.1 Å². The fourth-order valence-corrected chi connectivity index (χ4v) is 3.17. The van der Waals surface area contributed by atoms with Crippen molar-refractivity contribution in [2.75, 3.05) is 26.3 Å². The van der Waals surface area contributed by atoms with E-state index in [0.29, 0.717) is 42.1 Å². The molecule has 0 spiro atoms. The van der Waals surface area contributed by atoms with Gasteiger partial charge in [0.1, 0.15) is 5.52 Å². The molecule has 0 saturated carbocycles. The Kier molecular flexibility index (Phi) is 4.37. The Hall–Kier alpha value is -1.24. The molecule has 2 aromatic rings. The van der Waals surface area contributed by atoms with Crippen LogP contribution in [0.5, 0.6) is 0 Å². The maximum absolute atomic E-state index is 12.3. The van der Waals surface area contributed by atoms with Gasteiger partial charge in [0.25, 0.3) is 5.22 Å². The van der Waals surface area contributed by atoms with Gasteiger partial charge in [0, 0.05) is 24.2 Å². The van der Waals surface area contributed by atoms with Gasteiger partial charge in [-0.15, -0.1) is 0 Å². The first-order valence-corrected chi connectivity index (χ1v) is 7.98. The van der Waals surface area contributed by atoms with E-state index >= 15 is 0 Å². The molecule has 0 radical (unpaired) electrons. The van der Waals surface area contributed by atoms with Gasteiger partial charge in [0.15, 0.2) is 5.58 Å². The molecule has 0 bridgehead atoms. The molecule has 1 atom stereocenters. The van der Waals surface area contributed by atoms with Gasteiger partial charge in [-0.1, -0.05) is 23.4 Å². The highest BCUT2D eigenvalue weighted by Crippen LogP contribution is 2.29. The van der Waals surface area contributed by atoms with E-state index in [1.165, 1.54) is 11.8 Å². The number of hydrogen-bond donors (Lipinski definition) is 0. The number of carbonyl (C=O) groups is 1. The third kappa shape index (κ3) is 3.33. The van der Waals surface area contributed by atoms with Gasteiger partial charge in [0.2, 0.25) is 5.91 Å². The van der Waals surface area contributed by atoms with Gasteiger partial charge in [0.05, 0.1) is 18.5 Å². The standard InChI is InChI=1S/C14H15ClN2O3S/c1-9(13(18)17-4-6-19-7-5-17)21-14-16-11-3-2-10(15)8-12(11)20-14/h2-3,8-9H,4-7H2,1H3/t9-/m1/s1. The van der Waals surface area contributed by atoms with E-state index < -0.39 is 0 Å². The second-order valence-electron chi connectivity index (χ2n) is 4.79. The number of rotatable bonds is 3. The highest BCUT2D eigenvalue weighted by atomic mass is 35.5. The second-order valence-corrected chi connectivity index (χ2v) is 6.52. The summed E-state index contributed by atoms with van der Waals surface area (Å²) in [5.74, 6) is 0.0867. The molecule has 1 aromatic heterocycles. The molecule has 7 heteroatoms. The van der Waals surface area contributed by atoms with Crippen LogP contribution >= 0.6 is 23.4 Å². The Morgan fingerprint density at radius 1 is 1.43 bits per heavy atom. The molecule has 1 saturated heterocycles. The van der Waals surface area contributed by atoms with Crippen LogP contribution in [-0.2, 0) is 9.53 Å². The first-order valence-electron chi connectivity index (χ1n) is 6.73. The first-order chi connectivity index (χ1) is 10.1. The first kappa shape index (κ1) is 14.7. The maximum Gasteiger partial charge on any atom is 0.257 e. The molecule has 1 aliphatic heterocycles. The third-order valence-electron chi connectivity index (χ3n) is 3.28. The third-order valence-corrected chi connectivity index (χ3v) is 4.45. The molecule has 2 heterocycles. The summed E-state index contributed by atoms with van der Waals surface area (Å²) in [6, 6.07) is 5.30. The largest absolute Gasteiger partial charge is 0.431 e. The molecule has 1 aromatic carbocycles. The van der Waals surface area contributed by atoms with Gasteiger partial charge in [-0.05, 0) is 19.1 Å². The number of nitrogens with zero attached hydrogens (tertiary/aromatic N) is 2. The molecule has 0 unspecified atom stereocenters. The number of oxazole rings is 1. The van der Waals surface area contributed by atoms with Crippen LogP contribution in [0.1, 0.15) is 6.92 Å². The number of thioether (sulfide) groups is 1. The predicted octanol–water partition coefficient (Wildman–Crippen LogP) is 2.82. The van der Waals surface area contributed by atoms with Gasteiger partial charge in [-0.3, -0.25) is 4.79 Å². The van der Waals surface area contributed by atoms with Crippen LogP contribution in [-0.4, -0.2) is 47.3 Å². The van der Waals surface area contributed by atoms with Crippen LogP contribution in [0.2, 0.25) is 5.02 Å². The number of ether oxygens (including phenoxy) is 1. The Labute approximate surface area is 131 Å². The number of aromatic nitrogens is 1. The molecule has 21 heavy (non-hydrogen) atoms. The van der Waals surface area contributed by atoms with Crippen LogP contribution in [0.4, 0.5) is 0 Å². The van der Waals surface area contributed by atoms with E-state index in [9.17, 15) is 4.79 Å². The van der Waals surface area contributed by atoms with Crippen LogP contribution in [0.25, 0.3) is 11.1 Å². The smallest absolute Gasteiger partial charge is 0.257 e. The van der Waals surface area contributed by atoms with E-state index in [-0.39, 0.29) is 11.2 Å². The minimum atomic E-state index is -0.244. The van der Waals surface area contributed by atoms with Crippen molar-refractivity contribution in [2.24, 2.45) is 0 Å². The summed E-state index contributed by atoms with van der Waals surface area (Å²) in [6.45, 7) is 4.36. The van der Waals surface area contributed by atoms with Crippen molar-refractivity contribution in [3.8, 4) is 0 Å². The quantitative estimate of drug-likeness (QED) is 0.812. The summed E-state index contributed by atoms with van der Waals surface area (Å²) in [7, 11) is 0. The van der Waals surface area contributed by atoms with E-state index in [2.05, 4.69) is 4.98 Å². The molecule has 3 rings (SSSR count). The summed E-state index contributed by atoms with van der Waals surface area (Å²) < 4.78 is 10.9. The summed E-state index contributed by atoms with van der Waals surface area (Å²) in [6.07, 6.45) is 0. The Balaban J connectivity index is 1.70. The highest BCUT2D eigenvalue weighted by molar-refractivity contribution is 8.00. The molecular formula is C14H15ClN2O3S. The van der Waals surface area contributed by atoms with Crippen molar-refractivity contribution in [2.45, 2.75) is 17.4 Å². The van der Waals surface area contributed by atoms with Gasteiger partial charge in [-0.2, -0.15) is 0 Å². The number of fused-ring (bicyclic) bond motifs is 1. The van der Waals surface area contributed by atoms with Crippen molar-refractivity contribution in [3.63, 3.8) is 0 Å². The minimum Gasteiger partial charge on any atom is -0.431 e. The van der Waals surface area contributed by atoms with Crippen molar-refractivity contribution in [1.82, 2.24) is 9.88 Å². The van der Waals surface area contributed by atoms with Crippen molar-refractivity contribution < 1.29 is 13.9 Å². The zero-order chi connectivity index (χ0) is 14.8. The summed E-state index contributed by atoms with van der Waals surface area (Å²) in [5, 5.41) is 0.848. The Bertz CT molecular complexity index is 655. The topological polar surface area (TPSA) is 55.6 Å². The predicted molar refractivity (Wildman–Crippen MR) is 81.7 cm³/mol. The van der Waals surface area contributed by atoms with Crippen molar-refractivity contribution in [3.05, 3.63) is 23.2 Å². The Morgan fingerprint density at radius 3 is 2.95 bits per heavy atom. The fraction of sp³-hybridized carbons (Fsp3) is 0.429. The van der Waals surface area contributed by atoms with E-state index in [0.717, 1.165) is 5.52 Å². The van der Waals surface area contributed by atoms with Crippen molar-refractivity contribution in [1.29, 1.82) is 0 Å². The SMILES string of the molecule is C[C@@H](Sc1nc2ccc(Cl)cc2o1)C(=O)N1CCOCC1. The second kappa shape index (κ2) is 6.25. The van der Waals surface area contributed by atoms with E-state index in [1.807, 2.05) is 11.8 Å². The molecule has 5 nitrogen and oxygen atoms in total. The fourth-order valence-electron chi connectivity index (χ4n) is 2.17. The van der Waals surface area contributed by atoms with Crippen LogP contribution in [0.3, 0.4) is 0 Å². The monoisotopic (exact) mass is 326 g/mol. The number of hydrogen-bond acceptors (Lipinski definition) is 5. The molecule has 0 aliphatic carbocycles. The minimum absolute atomic E-state index is 0.0867. The van der Waals surface area contributed by atoms with Crippen LogP contribution < -0.4 is 0 Å². The molecule has 112 valence electrons. The van der Waals surface area contributed by atoms with Gasteiger partial charge >= 0.3 is 0 Å². The molecular weight excluding hydrogens is 312 g/mol. The zero-order valence-corrected chi connectivity index (χ0v) is 13.1. The molecule has 1 fully saturated rings. The number of benzene rings is 1. The molecule has 1 amide bonds. The highest BCUT2D eigenvalue weighted by Gasteiger charge is 2.24. The summed E-state index contributed by atoms with van der Waals surface area (Å²) in [4.78, 5) is 18.5. The molecule has 1 aliphatic rings. The number of carbonyl (C=O) groups excluding carboxylic acids is 1.